The Balaban J connectivity index is 4.23. The van der Waals surface area contributed by atoms with Gasteiger partial charge in [-0.2, -0.15) is 0 Å². The quantitative estimate of drug-likeness (QED) is 0.0261. The van der Waals surface area contributed by atoms with Crippen LogP contribution in [0.3, 0.4) is 0 Å². The molecule has 0 aliphatic rings. The van der Waals surface area contributed by atoms with E-state index in [1.54, 1.807) is 0 Å². The summed E-state index contributed by atoms with van der Waals surface area (Å²) < 4.78 is 16.9. The van der Waals surface area contributed by atoms with Crippen LogP contribution < -0.4 is 0 Å². The van der Waals surface area contributed by atoms with E-state index >= 15 is 0 Å². The van der Waals surface area contributed by atoms with E-state index in [2.05, 4.69) is 118 Å². The molecule has 1 atom stereocenters. The van der Waals surface area contributed by atoms with Crippen molar-refractivity contribution in [3.05, 3.63) is 97.2 Å². The zero-order chi connectivity index (χ0) is 54.3. The van der Waals surface area contributed by atoms with Gasteiger partial charge in [0.25, 0.3) is 0 Å². The minimum Gasteiger partial charge on any atom is -0.462 e. The number of hydrogen-bond acceptors (Lipinski definition) is 6. The van der Waals surface area contributed by atoms with Gasteiger partial charge in [0.2, 0.25) is 0 Å². The maximum Gasteiger partial charge on any atom is 0.306 e. The molecule has 0 saturated carbocycles. The lowest BCUT2D eigenvalue weighted by Gasteiger charge is -2.18. The number of hydrogen-bond donors (Lipinski definition) is 0. The zero-order valence-corrected chi connectivity index (χ0v) is 49.3. The Kier molecular flexibility index (Phi) is 59.8. The Bertz CT molecular complexity index is 1480. The zero-order valence-electron chi connectivity index (χ0n) is 49.3. The summed E-state index contributed by atoms with van der Waals surface area (Å²) in [7, 11) is 0. The van der Waals surface area contributed by atoms with Crippen molar-refractivity contribution < 1.29 is 28.6 Å². The van der Waals surface area contributed by atoms with Gasteiger partial charge in [0.05, 0.1) is 0 Å². The van der Waals surface area contributed by atoms with Crippen molar-refractivity contribution in [2.45, 2.75) is 309 Å². The summed E-state index contributed by atoms with van der Waals surface area (Å²) in [6, 6.07) is 0. The van der Waals surface area contributed by atoms with Crippen molar-refractivity contribution in [1.82, 2.24) is 0 Å². The third-order valence-electron chi connectivity index (χ3n) is 13.6. The highest BCUT2D eigenvalue weighted by Gasteiger charge is 2.19. The van der Waals surface area contributed by atoms with Crippen LogP contribution in [0.15, 0.2) is 97.2 Å². The molecule has 0 spiro atoms. The van der Waals surface area contributed by atoms with E-state index in [1.807, 2.05) is 0 Å². The third kappa shape index (κ3) is 61.1. The molecule has 0 heterocycles. The molecule has 1 unspecified atom stereocenters. The minimum atomic E-state index is -0.793. The van der Waals surface area contributed by atoms with Crippen molar-refractivity contribution in [1.29, 1.82) is 0 Å². The van der Waals surface area contributed by atoms with Crippen molar-refractivity contribution in [3.63, 3.8) is 0 Å². The second-order valence-corrected chi connectivity index (χ2v) is 20.9. The summed E-state index contributed by atoms with van der Waals surface area (Å²) in [5.74, 6) is -0.919. The van der Waals surface area contributed by atoms with E-state index in [0.29, 0.717) is 19.3 Å². The fourth-order valence-electron chi connectivity index (χ4n) is 8.86. The van der Waals surface area contributed by atoms with E-state index in [-0.39, 0.29) is 31.1 Å². The van der Waals surface area contributed by atoms with Gasteiger partial charge in [0.15, 0.2) is 6.10 Å². The van der Waals surface area contributed by atoms with Crippen LogP contribution in [0.2, 0.25) is 0 Å². The number of carbonyl (C=O) groups excluding carboxylic acids is 3. The molecule has 0 fully saturated rings. The van der Waals surface area contributed by atoms with E-state index in [0.717, 1.165) is 122 Å². The Morgan fingerprint density at radius 2 is 0.520 bits per heavy atom. The molecule has 0 aromatic rings. The van der Waals surface area contributed by atoms with Gasteiger partial charge in [-0.05, 0) is 116 Å². The van der Waals surface area contributed by atoms with Crippen molar-refractivity contribution >= 4 is 17.9 Å². The molecule has 430 valence electrons. The summed E-state index contributed by atoms with van der Waals surface area (Å²) in [4.78, 5) is 38.2. The lowest BCUT2D eigenvalue weighted by Crippen LogP contribution is -2.30. The first-order chi connectivity index (χ1) is 37.0. The van der Waals surface area contributed by atoms with Crippen molar-refractivity contribution in [2.24, 2.45) is 0 Å². The van der Waals surface area contributed by atoms with Crippen LogP contribution in [0.1, 0.15) is 303 Å². The Morgan fingerprint density at radius 3 is 0.840 bits per heavy atom. The first-order valence-corrected chi connectivity index (χ1v) is 31.7. The van der Waals surface area contributed by atoms with Gasteiger partial charge in [-0.15, -0.1) is 0 Å². The van der Waals surface area contributed by atoms with Crippen LogP contribution in [0.4, 0.5) is 0 Å². The van der Waals surface area contributed by atoms with E-state index in [9.17, 15) is 14.4 Å². The minimum absolute atomic E-state index is 0.0883. The fraction of sp³-hybridized carbons (Fsp3) is 0.725. The standard InChI is InChI=1S/C69H118O6/c1-4-7-10-13-16-19-22-25-27-28-29-30-31-32-33-34-35-36-37-38-39-40-42-44-47-50-53-56-59-62-68(71)74-65-66(64-73-67(70)61-58-55-52-49-46-43-24-21-18-15-12-9-6-3)75-69(72)63-60-57-54-51-48-45-41-26-23-20-17-14-11-8-5-2/h7,9-10,12,16,18-19,21,25-27,29-30,41,43,46,66H,4-6,8,11,13-15,17,20,22-24,28,31-40,42,44-45,47-65H2,1-3H3/b10-7-,12-9-,19-16-,21-18-,27-25-,30-29-,41-26-,46-43-. The Morgan fingerprint density at radius 1 is 0.280 bits per heavy atom. The molecule has 0 saturated heterocycles. The largest absolute Gasteiger partial charge is 0.462 e. The predicted octanol–water partition coefficient (Wildman–Crippen LogP) is 21.7. The van der Waals surface area contributed by atoms with Crippen molar-refractivity contribution in [3.8, 4) is 0 Å². The van der Waals surface area contributed by atoms with Crippen LogP contribution in [0.5, 0.6) is 0 Å². The van der Waals surface area contributed by atoms with E-state index in [1.165, 1.54) is 141 Å². The summed E-state index contributed by atoms with van der Waals surface area (Å²) >= 11 is 0. The first kappa shape index (κ1) is 71.3. The van der Waals surface area contributed by atoms with Crippen LogP contribution in [-0.4, -0.2) is 37.2 Å². The fourth-order valence-corrected chi connectivity index (χ4v) is 8.86. The van der Waals surface area contributed by atoms with Gasteiger partial charge in [0, 0.05) is 19.3 Å². The SMILES string of the molecule is CC/C=C\C/C=C\C/C=C\C/C=C\CCCCCCCCCCCCCCCCCCC(=O)OCC(COC(=O)CCCCC/C=C\C/C=C\C/C=C\CC)OC(=O)CCCCCCC/C=C\CCCCCCCC. The molecule has 0 aliphatic carbocycles. The van der Waals surface area contributed by atoms with Crippen LogP contribution in [-0.2, 0) is 28.6 Å². The average molecular weight is 1040 g/mol. The second-order valence-electron chi connectivity index (χ2n) is 20.9. The smallest absolute Gasteiger partial charge is 0.306 e. The summed E-state index contributed by atoms with van der Waals surface area (Å²) in [6.45, 7) is 6.40. The molecule has 75 heavy (non-hydrogen) atoms. The number of esters is 3. The van der Waals surface area contributed by atoms with Gasteiger partial charge in [-0.1, -0.05) is 266 Å². The third-order valence-corrected chi connectivity index (χ3v) is 13.6. The molecule has 0 aromatic heterocycles. The first-order valence-electron chi connectivity index (χ1n) is 31.7. The normalized spacial score (nSPS) is 12.7. The molecular weight excluding hydrogens is 925 g/mol. The maximum atomic E-state index is 12.9. The van der Waals surface area contributed by atoms with Crippen LogP contribution in [0, 0.1) is 0 Å². The molecule has 0 rings (SSSR count). The highest BCUT2D eigenvalue weighted by molar-refractivity contribution is 5.71. The molecule has 0 bridgehead atoms. The summed E-state index contributed by atoms with van der Waals surface area (Å²) in [5, 5.41) is 0. The topological polar surface area (TPSA) is 78.9 Å². The summed E-state index contributed by atoms with van der Waals surface area (Å²) in [6.07, 6.45) is 84.3. The number of allylic oxidation sites excluding steroid dienone is 16. The van der Waals surface area contributed by atoms with Gasteiger partial charge >= 0.3 is 17.9 Å². The Labute approximate surface area is 464 Å². The Hall–Kier alpha value is -3.67. The lowest BCUT2D eigenvalue weighted by molar-refractivity contribution is -0.167. The van der Waals surface area contributed by atoms with Crippen LogP contribution in [0.25, 0.3) is 0 Å². The summed E-state index contributed by atoms with van der Waals surface area (Å²) in [5.41, 5.74) is 0. The maximum absolute atomic E-state index is 12.9. The molecule has 0 N–H and O–H groups in total. The highest BCUT2D eigenvalue weighted by atomic mass is 16.6. The molecule has 0 aliphatic heterocycles. The number of rotatable bonds is 57. The average Bonchev–Trinajstić information content (AvgIpc) is 3.41. The van der Waals surface area contributed by atoms with Gasteiger partial charge in [-0.25, -0.2) is 0 Å². The highest BCUT2D eigenvalue weighted by Crippen LogP contribution is 2.16. The van der Waals surface area contributed by atoms with Gasteiger partial charge < -0.3 is 14.2 Å². The van der Waals surface area contributed by atoms with Crippen LogP contribution >= 0.6 is 0 Å². The van der Waals surface area contributed by atoms with E-state index < -0.39 is 6.10 Å². The second kappa shape index (κ2) is 62.9. The number of ether oxygens (including phenoxy) is 3. The molecule has 0 radical (unpaired) electrons. The molecule has 6 heteroatoms. The van der Waals surface area contributed by atoms with E-state index in [4.69, 9.17) is 14.2 Å². The van der Waals surface area contributed by atoms with Gasteiger partial charge in [0.1, 0.15) is 13.2 Å². The number of carbonyl (C=O) groups is 3. The predicted molar refractivity (Wildman–Crippen MR) is 325 cm³/mol. The molecule has 0 amide bonds. The molecule has 6 nitrogen and oxygen atoms in total. The van der Waals surface area contributed by atoms with Crippen molar-refractivity contribution in [2.75, 3.05) is 13.2 Å². The molecular formula is C69H118O6. The lowest BCUT2D eigenvalue weighted by atomic mass is 10.0. The monoisotopic (exact) mass is 1040 g/mol. The molecule has 0 aromatic carbocycles. The van der Waals surface area contributed by atoms with Gasteiger partial charge in [-0.3, -0.25) is 14.4 Å². The number of unbranched alkanes of at least 4 members (excludes halogenated alkanes) is 30.